The molecule has 1 aromatic rings. The van der Waals surface area contributed by atoms with Gasteiger partial charge >= 0.3 is 6.18 Å². The molecule has 0 aliphatic carbocycles. The van der Waals surface area contributed by atoms with Crippen molar-refractivity contribution in [1.82, 2.24) is 5.32 Å². The quantitative estimate of drug-likeness (QED) is 0.806. The zero-order valence-electron chi connectivity index (χ0n) is 9.95. The number of nitrogens with one attached hydrogen (secondary N) is 1. The lowest BCUT2D eigenvalue weighted by Gasteiger charge is -2.19. The van der Waals surface area contributed by atoms with Crippen LogP contribution in [0.2, 0.25) is 0 Å². The molecular weight excluding hydrogens is 234 g/mol. The molecule has 0 fully saturated rings. The molecule has 0 saturated heterocycles. The van der Waals surface area contributed by atoms with Gasteiger partial charge in [-0.1, -0.05) is 12.1 Å². The van der Waals surface area contributed by atoms with E-state index in [2.05, 4.69) is 5.32 Å². The van der Waals surface area contributed by atoms with Crippen molar-refractivity contribution in [2.24, 2.45) is 0 Å². The van der Waals surface area contributed by atoms with Gasteiger partial charge in [0.1, 0.15) is 5.82 Å². The van der Waals surface area contributed by atoms with E-state index in [1.165, 1.54) is 19.2 Å². The molecule has 1 unspecified atom stereocenters. The van der Waals surface area contributed by atoms with Crippen molar-refractivity contribution in [3.63, 3.8) is 0 Å². The van der Waals surface area contributed by atoms with E-state index >= 15 is 0 Å². The molecule has 1 aromatic carbocycles. The van der Waals surface area contributed by atoms with Gasteiger partial charge in [-0.2, -0.15) is 13.2 Å². The van der Waals surface area contributed by atoms with Crippen LogP contribution in [-0.2, 0) is 0 Å². The smallest absolute Gasteiger partial charge is 0.313 e. The van der Waals surface area contributed by atoms with E-state index in [9.17, 15) is 17.6 Å². The van der Waals surface area contributed by atoms with Crippen LogP contribution in [-0.4, -0.2) is 13.2 Å². The highest BCUT2D eigenvalue weighted by Gasteiger charge is 2.32. The molecule has 1 nitrogen and oxygen atoms in total. The molecule has 0 saturated carbocycles. The number of halogens is 4. The van der Waals surface area contributed by atoms with Gasteiger partial charge in [0.05, 0.1) is 6.42 Å². The molecule has 1 N–H and O–H groups in total. The second kappa shape index (κ2) is 5.04. The Balaban J connectivity index is 3.05. The third kappa shape index (κ3) is 3.70. The van der Waals surface area contributed by atoms with Gasteiger partial charge in [-0.05, 0) is 37.6 Å². The fraction of sp³-hybridized carbons (Fsp3) is 0.500. The summed E-state index contributed by atoms with van der Waals surface area (Å²) in [7, 11) is 1.46. The lowest BCUT2D eigenvalue weighted by atomic mass is 9.98. The van der Waals surface area contributed by atoms with Gasteiger partial charge in [-0.25, -0.2) is 4.39 Å². The Morgan fingerprint density at radius 1 is 1.18 bits per heavy atom. The average Bonchev–Trinajstić information content (AvgIpc) is 2.20. The number of hydrogen-bond acceptors (Lipinski definition) is 1. The van der Waals surface area contributed by atoms with Crippen LogP contribution in [0.5, 0.6) is 0 Å². The maximum atomic E-state index is 13.4. The highest BCUT2D eigenvalue weighted by Crippen LogP contribution is 2.30. The maximum absolute atomic E-state index is 13.4. The Bertz CT molecular complexity index is 375. The van der Waals surface area contributed by atoms with Gasteiger partial charge in [0.15, 0.2) is 0 Å². The van der Waals surface area contributed by atoms with Gasteiger partial charge in [0.25, 0.3) is 0 Å². The van der Waals surface area contributed by atoms with E-state index in [-0.39, 0.29) is 5.82 Å². The van der Waals surface area contributed by atoms with Crippen LogP contribution in [0.25, 0.3) is 0 Å². The number of benzene rings is 1. The van der Waals surface area contributed by atoms with Crippen LogP contribution >= 0.6 is 0 Å². The summed E-state index contributed by atoms with van der Waals surface area (Å²) in [6.07, 6.45) is -5.21. The second-order valence-electron chi connectivity index (χ2n) is 4.13. The first-order valence-corrected chi connectivity index (χ1v) is 5.25. The standard InChI is InChI=1S/C12H15F4N/c1-7-4-9(5-8(2)11(7)13)10(17-3)6-12(14,15)16/h4-5,10,17H,6H2,1-3H3. The van der Waals surface area contributed by atoms with Crippen LogP contribution in [0, 0.1) is 19.7 Å². The second-order valence-corrected chi connectivity index (χ2v) is 4.13. The Labute approximate surface area is 97.8 Å². The molecular formula is C12H15F4N. The van der Waals surface area contributed by atoms with E-state index in [1.54, 1.807) is 13.8 Å². The number of alkyl halides is 3. The fourth-order valence-corrected chi connectivity index (χ4v) is 1.80. The molecule has 17 heavy (non-hydrogen) atoms. The third-order valence-corrected chi connectivity index (χ3v) is 2.65. The van der Waals surface area contributed by atoms with Gasteiger partial charge in [0, 0.05) is 6.04 Å². The van der Waals surface area contributed by atoms with Crippen molar-refractivity contribution in [3.8, 4) is 0 Å². The minimum atomic E-state index is -4.25. The average molecular weight is 249 g/mol. The summed E-state index contributed by atoms with van der Waals surface area (Å²) in [6.45, 7) is 3.10. The summed E-state index contributed by atoms with van der Waals surface area (Å²) in [5, 5.41) is 2.61. The van der Waals surface area contributed by atoms with Crippen LogP contribution in [0.15, 0.2) is 12.1 Å². The largest absolute Gasteiger partial charge is 0.390 e. The lowest BCUT2D eigenvalue weighted by Crippen LogP contribution is -2.24. The topological polar surface area (TPSA) is 12.0 Å². The Morgan fingerprint density at radius 2 is 1.65 bits per heavy atom. The molecule has 0 radical (unpaired) electrons. The third-order valence-electron chi connectivity index (χ3n) is 2.65. The van der Waals surface area contributed by atoms with E-state index < -0.39 is 18.6 Å². The first kappa shape index (κ1) is 14.0. The fourth-order valence-electron chi connectivity index (χ4n) is 1.80. The Kier molecular flexibility index (Phi) is 4.14. The van der Waals surface area contributed by atoms with E-state index in [0.717, 1.165) is 0 Å². The van der Waals surface area contributed by atoms with Crippen molar-refractivity contribution in [1.29, 1.82) is 0 Å². The predicted molar refractivity (Wildman–Crippen MR) is 58.3 cm³/mol. The highest BCUT2D eigenvalue weighted by molar-refractivity contribution is 5.32. The number of aryl methyl sites for hydroxylation is 2. The van der Waals surface area contributed by atoms with Crippen LogP contribution in [0.3, 0.4) is 0 Å². The molecule has 1 atom stereocenters. The van der Waals surface area contributed by atoms with Crippen LogP contribution < -0.4 is 5.32 Å². The van der Waals surface area contributed by atoms with Crippen molar-refractivity contribution in [3.05, 3.63) is 34.6 Å². The first-order valence-electron chi connectivity index (χ1n) is 5.25. The van der Waals surface area contributed by atoms with Crippen molar-refractivity contribution < 1.29 is 17.6 Å². The van der Waals surface area contributed by atoms with Gasteiger partial charge in [-0.15, -0.1) is 0 Å². The first-order chi connectivity index (χ1) is 7.74. The monoisotopic (exact) mass is 249 g/mol. The van der Waals surface area contributed by atoms with E-state index in [1.807, 2.05) is 0 Å². The van der Waals surface area contributed by atoms with E-state index in [4.69, 9.17) is 0 Å². The van der Waals surface area contributed by atoms with Crippen molar-refractivity contribution in [2.45, 2.75) is 32.5 Å². The summed E-state index contributed by atoms with van der Waals surface area (Å²) in [4.78, 5) is 0. The summed E-state index contributed by atoms with van der Waals surface area (Å²) in [5.41, 5.74) is 1.19. The summed E-state index contributed by atoms with van der Waals surface area (Å²) < 4.78 is 50.4. The normalized spacial score (nSPS) is 13.8. The van der Waals surface area contributed by atoms with Gasteiger partial charge < -0.3 is 5.32 Å². The van der Waals surface area contributed by atoms with E-state index in [0.29, 0.717) is 16.7 Å². The zero-order chi connectivity index (χ0) is 13.2. The van der Waals surface area contributed by atoms with Crippen LogP contribution in [0.4, 0.5) is 17.6 Å². The van der Waals surface area contributed by atoms with Crippen LogP contribution in [0.1, 0.15) is 29.2 Å². The maximum Gasteiger partial charge on any atom is 0.390 e. The molecule has 0 heterocycles. The summed E-state index contributed by atoms with van der Waals surface area (Å²) in [6, 6.07) is 2.07. The molecule has 0 aliphatic heterocycles. The van der Waals surface area contributed by atoms with Gasteiger partial charge in [-0.3, -0.25) is 0 Å². The molecule has 0 spiro atoms. The Morgan fingerprint density at radius 3 is 2.00 bits per heavy atom. The minimum absolute atomic E-state index is 0.363. The summed E-state index contributed by atoms with van der Waals surface area (Å²) in [5.74, 6) is -0.365. The Hall–Kier alpha value is -1.10. The SMILES string of the molecule is CNC(CC(F)(F)F)c1cc(C)c(F)c(C)c1. The number of hydrogen-bond donors (Lipinski definition) is 1. The predicted octanol–water partition coefficient (Wildman–Crippen LogP) is 3.66. The molecule has 0 aromatic heterocycles. The van der Waals surface area contributed by atoms with Crippen molar-refractivity contribution >= 4 is 0 Å². The van der Waals surface area contributed by atoms with Crippen molar-refractivity contribution in [2.75, 3.05) is 7.05 Å². The minimum Gasteiger partial charge on any atom is -0.313 e. The highest BCUT2D eigenvalue weighted by atomic mass is 19.4. The van der Waals surface area contributed by atoms with Gasteiger partial charge in [0.2, 0.25) is 0 Å². The summed E-state index contributed by atoms with van der Waals surface area (Å²) >= 11 is 0. The lowest BCUT2D eigenvalue weighted by molar-refractivity contribution is -0.140. The zero-order valence-corrected chi connectivity index (χ0v) is 9.95. The molecule has 0 aliphatic rings. The molecule has 0 bridgehead atoms. The number of rotatable bonds is 3. The molecule has 1 rings (SSSR count). The molecule has 96 valence electrons. The molecule has 0 amide bonds. The molecule has 5 heteroatoms.